The average Bonchev–Trinajstić information content (AvgIpc) is 3.15. The van der Waals surface area contributed by atoms with Gasteiger partial charge in [-0.3, -0.25) is 4.55 Å². The van der Waals surface area contributed by atoms with Gasteiger partial charge in [0, 0.05) is 23.7 Å². The zero-order valence-electron chi connectivity index (χ0n) is 23.1. The van der Waals surface area contributed by atoms with Crippen molar-refractivity contribution < 1.29 is 26.9 Å². The molecule has 1 N–H and O–H groups in total. The van der Waals surface area contributed by atoms with Crippen molar-refractivity contribution in [3.8, 4) is 0 Å². The molecule has 0 amide bonds. The minimum absolute atomic E-state index is 0.159. The van der Waals surface area contributed by atoms with E-state index in [0.29, 0.717) is 48.3 Å². The van der Waals surface area contributed by atoms with Crippen LogP contribution in [0.1, 0.15) is 93.4 Å². The highest BCUT2D eigenvalue weighted by Gasteiger charge is 2.74. The molecular formula is C29H46O6S. The van der Waals surface area contributed by atoms with Gasteiger partial charge < -0.3 is 0 Å². The van der Waals surface area contributed by atoms with Crippen LogP contribution in [-0.2, 0) is 24.4 Å². The first-order valence-electron chi connectivity index (χ1n) is 14.1. The molecule has 4 fully saturated rings. The van der Waals surface area contributed by atoms with Crippen LogP contribution in [0.2, 0.25) is 0 Å². The monoisotopic (exact) mass is 522 g/mol. The Hall–Kier alpha value is -0.730. The maximum atomic E-state index is 11.4. The molecule has 7 heteroatoms. The molecule has 2 heterocycles. The number of fused-ring (bicyclic) bond motifs is 2. The van der Waals surface area contributed by atoms with E-state index in [1.807, 2.05) is 0 Å². The lowest BCUT2D eigenvalue weighted by Crippen LogP contribution is -2.73. The molecule has 0 radical (unpaired) electrons. The molecule has 3 saturated carbocycles. The van der Waals surface area contributed by atoms with Crippen LogP contribution < -0.4 is 0 Å². The molecule has 0 aromatic heterocycles. The highest BCUT2D eigenvalue weighted by Crippen LogP contribution is 2.73. The summed E-state index contributed by atoms with van der Waals surface area (Å²) < 4.78 is 37.0. The van der Waals surface area contributed by atoms with E-state index in [-0.39, 0.29) is 10.8 Å². The minimum Gasteiger partial charge on any atom is -0.264 e. The first-order valence-corrected chi connectivity index (χ1v) is 15.5. The van der Waals surface area contributed by atoms with Crippen LogP contribution in [0.25, 0.3) is 0 Å². The Morgan fingerprint density at radius 3 is 2.36 bits per heavy atom. The van der Waals surface area contributed by atoms with Gasteiger partial charge in [-0.25, -0.2) is 14.0 Å². The fourth-order valence-electron chi connectivity index (χ4n) is 9.45. The molecule has 6 nitrogen and oxygen atoms in total. The molecule has 2 bridgehead atoms. The molecule has 2 spiro atoms. The zero-order chi connectivity index (χ0) is 26.3. The summed E-state index contributed by atoms with van der Waals surface area (Å²) in [6.45, 7) is 16.5. The Labute approximate surface area is 218 Å². The van der Waals surface area contributed by atoms with E-state index >= 15 is 0 Å². The van der Waals surface area contributed by atoms with E-state index in [9.17, 15) is 13.0 Å². The summed E-state index contributed by atoms with van der Waals surface area (Å²) in [6.07, 6.45) is 12.7. The summed E-state index contributed by atoms with van der Waals surface area (Å²) in [7, 11) is -4.51. The van der Waals surface area contributed by atoms with Gasteiger partial charge in [0.1, 0.15) is 11.2 Å². The summed E-state index contributed by atoms with van der Waals surface area (Å²) in [6, 6.07) is 0. The van der Waals surface area contributed by atoms with Crippen molar-refractivity contribution in [2.45, 2.75) is 111 Å². The third-order valence-electron chi connectivity index (χ3n) is 11.8. The summed E-state index contributed by atoms with van der Waals surface area (Å²) in [5, 5.41) is 0. The molecule has 1 saturated heterocycles. The van der Waals surface area contributed by atoms with Gasteiger partial charge in [-0.05, 0) is 80.6 Å². The van der Waals surface area contributed by atoms with Gasteiger partial charge >= 0.3 is 10.4 Å². The third-order valence-corrected chi connectivity index (χ3v) is 12.3. The summed E-state index contributed by atoms with van der Waals surface area (Å²) in [5.74, 6) is 3.09. The van der Waals surface area contributed by atoms with E-state index < -0.39 is 27.7 Å². The van der Waals surface area contributed by atoms with Crippen LogP contribution in [0.5, 0.6) is 0 Å². The summed E-state index contributed by atoms with van der Waals surface area (Å²) in [4.78, 5) is 12.8. The molecule has 0 aromatic rings. The van der Waals surface area contributed by atoms with Crippen molar-refractivity contribution in [1.82, 2.24) is 0 Å². The fourth-order valence-corrected chi connectivity index (χ4v) is 9.96. The van der Waals surface area contributed by atoms with Gasteiger partial charge in [0.2, 0.25) is 0 Å². The quantitative estimate of drug-likeness (QED) is 0.238. The fraction of sp³-hybridized carbons (Fsp3) is 0.862. The smallest absolute Gasteiger partial charge is 0.264 e. The molecule has 204 valence electrons. The topological polar surface area (TPSA) is 82.1 Å². The lowest BCUT2D eigenvalue weighted by atomic mass is 9.43. The predicted molar refractivity (Wildman–Crippen MR) is 139 cm³/mol. The van der Waals surface area contributed by atoms with Crippen molar-refractivity contribution in [1.29, 1.82) is 0 Å². The van der Waals surface area contributed by atoms with Gasteiger partial charge in [0.25, 0.3) is 0 Å². The molecular weight excluding hydrogens is 476 g/mol. The van der Waals surface area contributed by atoms with Gasteiger partial charge in [-0.2, -0.15) is 8.42 Å². The van der Waals surface area contributed by atoms with E-state index in [4.69, 9.17) is 14.0 Å². The van der Waals surface area contributed by atoms with E-state index in [1.54, 1.807) is 0 Å². The van der Waals surface area contributed by atoms with E-state index in [1.165, 1.54) is 18.4 Å². The lowest BCUT2D eigenvalue weighted by Gasteiger charge is -2.69. The molecule has 0 unspecified atom stereocenters. The van der Waals surface area contributed by atoms with Crippen molar-refractivity contribution in [2.75, 3.05) is 0 Å². The maximum Gasteiger partial charge on any atom is 0.397 e. The molecule has 0 aromatic carbocycles. The Morgan fingerprint density at radius 1 is 1.03 bits per heavy atom. The number of hydrogen-bond donors (Lipinski definition) is 1. The number of rotatable bonds is 6. The van der Waals surface area contributed by atoms with Crippen LogP contribution in [0.4, 0.5) is 0 Å². The second-order valence-corrected chi connectivity index (χ2v) is 14.7. The van der Waals surface area contributed by atoms with Crippen LogP contribution >= 0.6 is 0 Å². The molecule has 2 aliphatic heterocycles. The standard InChI is InChI=1S/C29H46O6S/c1-18(2)21(5)19(3)16-20(4)23-8-9-24-26(23,6)12-11-25-27(7)13-10-22(33-36(30,31)32)17-28(27)14-15-29(24,25)35-34-28/h14-16,18,20-25H,8-13,17H2,1-7H3,(H,30,31,32)/b19-16+/t20-,21-,22+,23-,24-,25-,26-,27-,28-,29+/m1/s1. The first-order chi connectivity index (χ1) is 16.7. The van der Waals surface area contributed by atoms with Gasteiger partial charge in [0.15, 0.2) is 0 Å². The van der Waals surface area contributed by atoms with Crippen LogP contribution in [0.15, 0.2) is 23.8 Å². The van der Waals surface area contributed by atoms with Crippen molar-refractivity contribution in [3.63, 3.8) is 0 Å². The highest BCUT2D eigenvalue weighted by atomic mass is 32.3. The minimum atomic E-state index is -4.51. The van der Waals surface area contributed by atoms with Crippen molar-refractivity contribution in [2.24, 2.45) is 46.3 Å². The third kappa shape index (κ3) is 3.82. The van der Waals surface area contributed by atoms with Gasteiger partial charge in [-0.15, -0.1) is 0 Å². The average molecular weight is 523 g/mol. The summed E-state index contributed by atoms with van der Waals surface area (Å²) in [5.41, 5.74) is 0.373. The lowest BCUT2D eigenvalue weighted by molar-refractivity contribution is -0.497. The molecule has 36 heavy (non-hydrogen) atoms. The molecule has 4 aliphatic carbocycles. The van der Waals surface area contributed by atoms with E-state index in [0.717, 1.165) is 19.3 Å². The van der Waals surface area contributed by atoms with Gasteiger partial charge in [0.05, 0.1) is 6.10 Å². The first kappa shape index (κ1) is 26.9. The van der Waals surface area contributed by atoms with Crippen LogP contribution in [0.3, 0.4) is 0 Å². The Kier molecular flexibility index (Phi) is 6.44. The second-order valence-electron chi connectivity index (χ2n) is 13.7. The molecule has 10 atom stereocenters. The Morgan fingerprint density at radius 2 is 1.75 bits per heavy atom. The maximum absolute atomic E-state index is 11.4. The van der Waals surface area contributed by atoms with Crippen molar-refractivity contribution in [3.05, 3.63) is 23.8 Å². The summed E-state index contributed by atoms with van der Waals surface area (Å²) >= 11 is 0. The van der Waals surface area contributed by atoms with Crippen LogP contribution in [-0.4, -0.2) is 30.3 Å². The van der Waals surface area contributed by atoms with Gasteiger partial charge in [-0.1, -0.05) is 59.3 Å². The largest absolute Gasteiger partial charge is 0.397 e. The Balaban J connectivity index is 1.43. The SMILES string of the molecule is C/C(=C\[C@@H](C)[C@H]1CC[C@@H]2[C@]1(C)CC[C@H]1[C@]23C=C[C@]2(C[C@@H](OS(=O)(=O)O)CC[C@]12C)OO3)[C@H](C)C(C)C. The molecule has 6 aliphatic rings. The molecule has 6 rings (SSSR count). The predicted octanol–water partition coefficient (Wildman–Crippen LogP) is 6.69. The van der Waals surface area contributed by atoms with E-state index in [2.05, 4.69) is 66.7 Å². The normalized spacial score (nSPS) is 47.9. The second kappa shape index (κ2) is 8.64. The zero-order valence-corrected chi connectivity index (χ0v) is 23.9. The Bertz CT molecular complexity index is 1050. The van der Waals surface area contributed by atoms with Crippen LogP contribution in [0, 0.1) is 46.3 Å². The highest BCUT2D eigenvalue weighted by molar-refractivity contribution is 7.80. The van der Waals surface area contributed by atoms with Crippen molar-refractivity contribution >= 4 is 10.4 Å². The number of hydrogen-bond acceptors (Lipinski definition) is 5. The number of allylic oxidation sites excluding steroid dienone is 2.